The molecule has 5 heteroatoms. The minimum atomic E-state index is 0.0717. The molecule has 1 aromatic rings. The van der Waals surface area contributed by atoms with Crippen molar-refractivity contribution in [3.05, 3.63) is 15.6 Å². The van der Waals surface area contributed by atoms with Gasteiger partial charge < -0.3 is 5.32 Å². The van der Waals surface area contributed by atoms with Crippen LogP contribution in [0.2, 0.25) is 0 Å². The van der Waals surface area contributed by atoms with Crippen LogP contribution in [-0.4, -0.2) is 34.9 Å². The number of nitrogens with zero attached hydrogens (tertiary/aromatic N) is 2. The maximum absolute atomic E-state index is 12.1. The van der Waals surface area contributed by atoms with E-state index < -0.39 is 0 Å². The number of rotatable bonds is 4. The molecule has 0 atom stereocenters. The van der Waals surface area contributed by atoms with E-state index in [0.29, 0.717) is 6.04 Å². The number of hydrogen-bond acceptors (Lipinski definition) is 4. The predicted octanol–water partition coefficient (Wildman–Crippen LogP) is 2.33. The molecule has 0 aromatic carbocycles. The minimum Gasteiger partial charge on any atom is -0.349 e. The third kappa shape index (κ3) is 3.34. The largest absolute Gasteiger partial charge is 0.349 e. The van der Waals surface area contributed by atoms with E-state index in [0.717, 1.165) is 35.0 Å². The molecule has 1 aliphatic carbocycles. The molecule has 0 spiro atoms. The molecular formula is C14H21N3OS. The van der Waals surface area contributed by atoms with Crippen LogP contribution in [-0.2, 0) is 6.54 Å². The average molecular weight is 279 g/mol. The monoisotopic (exact) mass is 279 g/mol. The maximum atomic E-state index is 12.1. The van der Waals surface area contributed by atoms with E-state index in [2.05, 4.69) is 15.2 Å². The molecule has 1 aromatic heterocycles. The standard InChI is InChI=1S/C14H21N3OS/c1-10-13(14(18)16-11-5-6-11)19-12(15-10)9-17-7-3-2-4-8-17/h11H,2-9H2,1H3,(H,16,18). The molecule has 1 amide bonds. The van der Waals surface area contributed by atoms with Gasteiger partial charge in [-0.3, -0.25) is 9.69 Å². The third-order valence-corrected chi connectivity index (χ3v) is 4.91. The summed E-state index contributed by atoms with van der Waals surface area (Å²) in [6, 6.07) is 0.416. The Labute approximate surface area is 118 Å². The van der Waals surface area contributed by atoms with Crippen molar-refractivity contribution in [2.45, 2.75) is 51.6 Å². The first-order valence-electron chi connectivity index (χ1n) is 7.22. The molecule has 2 fully saturated rings. The van der Waals surface area contributed by atoms with Gasteiger partial charge in [0, 0.05) is 6.04 Å². The maximum Gasteiger partial charge on any atom is 0.263 e. The van der Waals surface area contributed by atoms with E-state index in [1.54, 1.807) is 11.3 Å². The first-order chi connectivity index (χ1) is 9.22. The van der Waals surface area contributed by atoms with Crippen LogP contribution < -0.4 is 5.32 Å². The molecule has 3 rings (SSSR count). The van der Waals surface area contributed by atoms with Gasteiger partial charge in [-0.15, -0.1) is 11.3 Å². The summed E-state index contributed by atoms with van der Waals surface area (Å²) in [6.07, 6.45) is 6.19. The molecule has 2 aliphatic rings. The van der Waals surface area contributed by atoms with Gasteiger partial charge in [-0.2, -0.15) is 0 Å². The van der Waals surface area contributed by atoms with Gasteiger partial charge >= 0.3 is 0 Å². The van der Waals surface area contributed by atoms with Gasteiger partial charge in [0.2, 0.25) is 0 Å². The number of aryl methyl sites for hydroxylation is 1. The average Bonchev–Trinajstić information content (AvgIpc) is 3.13. The summed E-state index contributed by atoms with van der Waals surface area (Å²) in [5, 5.41) is 4.13. The fraction of sp³-hybridized carbons (Fsp3) is 0.714. The summed E-state index contributed by atoms with van der Waals surface area (Å²) in [5.74, 6) is 0.0717. The molecule has 1 aliphatic heterocycles. The Morgan fingerprint density at radius 2 is 2.11 bits per heavy atom. The summed E-state index contributed by atoms with van der Waals surface area (Å²) in [5.41, 5.74) is 0.884. The fourth-order valence-electron chi connectivity index (χ4n) is 2.52. The zero-order chi connectivity index (χ0) is 13.2. The highest BCUT2D eigenvalue weighted by atomic mass is 32.1. The number of amides is 1. The van der Waals surface area contributed by atoms with Gasteiger partial charge in [0.25, 0.3) is 5.91 Å². The molecule has 4 nitrogen and oxygen atoms in total. The molecule has 0 radical (unpaired) electrons. The lowest BCUT2D eigenvalue weighted by Gasteiger charge is -2.25. The Kier molecular flexibility index (Phi) is 3.84. The number of hydrogen-bond donors (Lipinski definition) is 1. The van der Waals surface area contributed by atoms with Crippen LogP contribution >= 0.6 is 11.3 Å². The molecule has 19 heavy (non-hydrogen) atoms. The second kappa shape index (κ2) is 5.59. The number of nitrogens with one attached hydrogen (secondary N) is 1. The number of likely N-dealkylation sites (tertiary alicyclic amines) is 1. The number of carbonyl (C=O) groups is 1. The van der Waals surface area contributed by atoms with Crippen LogP contribution in [0.1, 0.15) is 52.5 Å². The van der Waals surface area contributed by atoms with Crippen molar-refractivity contribution in [1.29, 1.82) is 0 Å². The third-order valence-electron chi connectivity index (χ3n) is 3.77. The smallest absolute Gasteiger partial charge is 0.263 e. The van der Waals surface area contributed by atoms with Crippen molar-refractivity contribution in [1.82, 2.24) is 15.2 Å². The Balaban J connectivity index is 1.63. The Bertz CT molecular complexity index is 461. The highest BCUT2D eigenvalue weighted by Crippen LogP contribution is 2.24. The lowest BCUT2D eigenvalue weighted by Crippen LogP contribution is -2.29. The highest BCUT2D eigenvalue weighted by Gasteiger charge is 2.26. The number of aromatic nitrogens is 1. The molecule has 1 N–H and O–H groups in total. The van der Waals surface area contributed by atoms with Crippen LogP contribution in [0.3, 0.4) is 0 Å². The zero-order valence-electron chi connectivity index (χ0n) is 11.4. The van der Waals surface area contributed by atoms with Crippen LogP contribution in [0, 0.1) is 6.92 Å². The van der Waals surface area contributed by atoms with E-state index in [1.165, 1.54) is 32.4 Å². The lowest BCUT2D eigenvalue weighted by atomic mass is 10.1. The van der Waals surface area contributed by atoms with Gasteiger partial charge in [0.15, 0.2) is 0 Å². The molecule has 104 valence electrons. The van der Waals surface area contributed by atoms with E-state index in [1.807, 2.05) is 6.92 Å². The zero-order valence-corrected chi connectivity index (χ0v) is 12.3. The van der Waals surface area contributed by atoms with Gasteiger partial charge in [-0.1, -0.05) is 6.42 Å². The van der Waals surface area contributed by atoms with Gasteiger partial charge in [-0.05, 0) is 45.7 Å². The second-order valence-electron chi connectivity index (χ2n) is 5.61. The van der Waals surface area contributed by atoms with Crippen molar-refractivity contribution in [3.8, 4) is 0 Å². The summed E-state index contributed by atoms with van der Waals surface area (Å²) >= 11 is 1.57. The van der Waals surface area contributed by atoms with Crippen LogP contribution in [0.15, 0.2) is 0 Å². The van der Waals surface area contributed by atoms with E-state index in [9.17, 15) is 4.79 Å². The number of carbonyl (C=O) groups excluding carboxylic acids is 1. The topological polar surface area (TPSA) is 45.2 Å². The van der Waals surface area contributed by atoms with E-state index in [4.69, 9.17) is 0 Å². The van der Waals surface area contributed by atoms with E-state index >= 15 is 0 Å². The van der Waals surface area contributed by atoms with Crippen molar-refractivity contribution < 1.29 is 4.79 Å². The molecular weight excluding hydrogens is 258 g/mol. The van der Waals surface area contributed by atoms with Crippen molar-refractivity contribution >= 4 is 17.2 Å². The number of piperidine rings is 1. The Hall–Kier alpha value is -0.940. The second-order valence-corrected chi connectivity index (χ2v) is 6.69. The van der Waals surface area contributed by atoms with Crippen LogP contribution in [0.5, 0.6) is 0 Å². The van der Waals surface area contributed by atoms with Crippen molar-refractivity contribution in [2.75, 3.05) is 13.1 Å². The van der Waals surface area contributed by atoms with Crippen LogP contribution in [0.25, 0.3) is 0 Å². The lowest BCUT2D eigenvalue weighted by molar-refractivity contribution is 0.0954. The minimum absolute atomic E-state index is 0.0717. The fourth-order valence-corrected chi connectivity index (χ4v) is 3.53. The Morgan fingerprint density at radius 3 is 2.79 bits per heavy atom. The molecule has 1 saturated carbocycles. The van der Waals surface area contributed by atoms with Crippen LogP contribution in [0.4, 0.5) is 0 Å². The first-order valence-corrected chi connectivity index (χ1v) is 8.03. The molecule has 2 heterocycles. The first kappa shape index (κ1) is 13.1. The summed E-state index contributed by atoms with van der Waals surface area (Å²) in [4.78, 5) is 19.9. The van der Waals surface area contributed by atoms with E-state index in [-0.39, 0.29) is 5.91 Å². The molecule has 0 unspecified atom stereocenters. The van der Waals surface area contributed by atoms with Gasteiger partial charge in [0.1, 0.15) is 9.88 Å². The number of thiazole rings is 1. The Morgan fingerprint density at radius 1 is 1.37 bits per heavy atom. The van der Waals surface area contributed by atoms with Crippen molar-refractivity contribution in [3.63, 3.8) is 0 Å². The molecule has 0 bridgehead atoms. The normalized spacial score (nSPS) is 20.5. The summed E-state index contributed by atoms with van der Waals surface area (Å²) < 4.78 is 0. The molecule has 1 saturated heterocycles. The highest BCUT2D eigenvalue weighted by molar-refractivity contribution is 7.13. The van der Waals surface area contributed by atoms with Gasteiger partial charge in [-0.25, -0.2) is 4.98 Å². The van der Waals surface area contributed by atoms with Crippen molar-refractivity contribution in [2.24, 2.45) is 0 Å². The summed E-state index contributed by atoms with van der Waals surface area (Å²) in [7, 11) is 0. The SMILES string of the molecule is Cc1nc(CN2CCCCC2)sc1C(=O)NC1CC1. The van der Waals surface area contributed by atoms with Gasteiger partial charge in [0.05, 0.1) is 12.2 Å². The summed E-state index contributed by atoms with van der Waals surface area (Å²) in [6.45, 7) is 5.19. The predicted molar refractivity (Wildman–Crippen MR) is 76.5 cm³/mol. The quantitative estimate of drug-likeness (QED) is 0.920.